The van der Waals surface area contributed by atoms with Gasteiger partial charge in [0.1, 0.15) is 0 Å². The van der Waals surface area contributed by atoms with E-state index < -0.39 is 0 Å². The SMILES string of the molecule is CC1(C)CN(CCC(=N)N)CCS1. The van der Waals surface area contributed by atoms with Crippen LogP contribution in [-0.2, 0) is 0 Å². The highest BCUT2D eigenvalue weighted by Crippen LogP contribution is 2.29. The minimum absolute atomic E-state index is 0.302. The molecule has 1 aliphatic heterocycles. The lowest BCUT2D eigenvalue weighted by Gasteiger charge is -2.37. The van der Waals surface area contributed by atoms with Crippen LogP contribution in [0.25, 0.3) is 0 Å². The molecule has 1 aliphatic rings. The van der Waals surface area contributed by atoms with Crippen molar-refractivity contribution in [2.75, 3.05) is 25.4 Å². The van der Waals surface area contributed by atoms with Crippen LogP contribution in [0.2, 0.25) is 0 Å². The maximum absolute atomic E-state index is 7.16. The molecule has 0 radical (unpaired) electrons. The van der Waals surface area contributed by atoms with Crippen molar-refractivity contribution in [3.63, 3.8) is 0 Å². The van der Waals surface area contributed by atoms with Gasteiger partial charge in [0, 0.05) is 36.6 Å². The molecule has 0 spiro atoms. The van der Waals surface area contributed by atoms with E-state index in [0.717, 1.165) is 19.6 Å². The van der Waals surface area contributed by atoms with Crippen molar-refractivity contribution in [2.24, 2.45) is 5.73 Å². The van der Waals surface area contributed by atoms with Crippen LogP contribution in [0.4, 0.5) is 0 Å². The van der Waals surface area contributed by atoms with Gasteiger partial charge >= 0.3 is 0 Å². The standard InChI is InChI=1S/C9H19N3S/c1-9(2)7-12(5-6-13-9)4-3-8(10)11/h3-7H2,1-2H3,(H3,10,11). The highest BCUT2D eigenvalue weighted by molar-refractivity contribution is 8.00. The second kappa shape index (κ2) is 4.33. The first-order valence-electron chi connectivity index (χ1n) is 4.69. The number of nitrogens with two attached hydrogens (primary N) is 1. The smallest absolute Gasteiger partial charge is 0.0918 e. The maximum atomic E-state index is 7.16. The molecule has 13 heavy (non-hydrogen) atoms. The Bertz CT molecular complexity index is 191. The molecule has 0 atom stereocenters. The van der Waals surface area contributed by atoms with Crippen molar-refractivity contribution in [1.82, 2.24) is 4.90 Å². The summed E-state index contributed by atoms with van der Waals surface area (Å²) in [5, 5.41) is 7.16. The zero-order valence-corrected chi connectivity index (χ0v) is 9.28. The van der Waals surface area contributed by atoms with Crippen molar-refractivity contribution in [3.8, 4) is 0 Å². The number of thioether (sulfide) groups is 1. The fourth-order valence-corrected chi connectivity index (χ4v) is 2.76. The molecule has 0 bridgehead atoms. The van der Waals surface area contributed by atoms with Crippen LogP contribution < -0.4 is 5.73 Å². The summed E-state index contributed by atoms with van der Waals surface area (Å²) in [4.78, 5) is 2.40. The molecule has 0 aliphatic carbocycles. The van der Waals surface area contributed by atoms with Gasteiger partial charge in [-0.1, -0.05) is 0 Å². The van der Waals surface area contributed by atoms with E-state index in [1.807, 2.05) is 11.8 Å². The summed E-state index contributed by atoms with van der Waals surface area (Å²) in [7, 11) is 0. The Morgan fingerprint density at radius 1 is 1.62 bits per heavy atom. The molecule has 1 saturated heterocycles. The van der Waals surface area contributed by atoms with Crippen LogP contribution in [0.15, 0.2) is 0 Å². The van der Waals surface area contributed by atoms with Gasteiger partial charge in [0.25, 0.3) is 0 Å². The zero-order chi connectivity index (χ0) is 9.90. The molecule has 0 unspecified atom stereocenters. The highest BCUT2D eigenvalue weighted by Gasteiger charge is 2.26. The van der Waals surface area contributed by atoms with Crippen molar-refractivity contribution >= 4 is 17.6 Å². The van der Waals surface area contributed by atoms with Crippen LogP contribution in [-0.4, -0.2) is 40.9 Å². The summed E-state index contributed by atoms with van der Waals surface area (Å²) in [6.45, 7) is 7.75. The fraction of sp³-hybridized carbons (Fsp3) is 0.889. The largest absolute Gasteiger partial charge is 0.388 e. The Hall–Kier alpha value is -0.220. The van der Waals surface area contributed by atoms with Crippen molar-refractivity contribution in [2.45, 2.75) is 25.0 Å². The Balaban J connectivity index is 2.30. The average Bonchev–Trinajstić information content (AvgIpc) is 1.99. The van der Waals surface area contributed by atoms with Crippen LogP contribution in [0.3, 0.4) is 0 Å². The van der Waals surface area contributed by atoms with Gasteiger partial charge in [-0.15, -0.1) is 0 Å². The van der Waals surface area contributed by atoms with Crippen molar-refractivity contribution in [3.05, 3.63) is 0 Å². The summed E-state index contributed by atoms with van der Waals surface area (Å²) >= 11 is 2.03. The fourth-order valence-electron chi connectivity index (χ4n) is 1.58. The molecule has 4 heteroatoms. The molecule has 0 amide bonds. The topological polar surface area (TPSA) is 53.1 Å². The molecule has 0 saturated carbocycles. The lowest BCUT2D eigenvalue weighted by molar-refractivity contribution is 0.267. The normalized spacial score (nSPS) is 22.9. The molecule has 1 rings (SSSR count). The lowest BCUT2D eigenvalue weighted by atomic mass is 10.2. The number of nitrogens with one attached hydrogen (secondary N) is 1. The van der Waals surface area contributed by atoms with E-state index in [-0.39, 0.29) is 0 Å². The number of hydrogen-bond acceptors (Lipinski definition) is 3. The summed E-state index contributed by atoms with van der Waals surface area (Å²) in [6.07, 6.45) is 0.709. The van der Waals surface area contributed by atoms with Gasteiger partial charge in [-0.2, -0.15) is 11.8 Å². The Kier molecular flexibility index (Phi) is 3.62. The molecule has 0 aromatic carbocycles. The second-order valence-electron chi connectivity index (χ2n) is 4.16. The van der Waals surface area contributed by atoms with Crippen LogP contribution in [0.1, 0.15) is 20.3 Å². The van der Waals surface area contributed by atoms with Crippen LogP contribution in [0.5, 0.6) is 0 Å². The second-order valence-corrected chi connectivity index (χ2v) is 5.96. The minimum atomic E-state index is 0.302. The predicted molar refractivity (Wildman–Crippen MR) is 59.5 cm³/mol. The van der Waals surface area contributed by atoms with E-state index >= 15 is 0 Å². The average molecular weight is 201 g/mol. The molecular formula is C9H19N3S. The third-order valence-electron chi connectivity index (χ3n) is 2.20. The van der Waals surface area contributed by atoms with E-state index in [0.29, 0.717) is 17.0 Å². The Labute approximate surface area is 84.6 Å². The van der Waals surface area contributed by atoms with Gasteiger partial charge < -0.3 is 10.6 Å². The lowest BCUT2D eigenvalue weighted by Crippen LogP contribution is -2.44. The van der Waals surface area contributed by atoms with E-state index in [1.54, 1.807) is 0 Å². The number of rotatable bonds is 3. The third-order valence-corrected chi connectivity index (χ3v) is 3.50. The quantitative estimate of drug-likeness (QED) is 0.532. The van der Waals surface area contributed by atoms with E-state index in [4.69, 9.17) is 11.1 Å². The molecule has 76 valence electrons. The Morgan fingerprint density at radius 3 is 2.85 bits per heavy atom. The molecular weight excluding hydrogens is 182 g/mol. The zero-order valence-electron chi connectivity index (χ0n) is 8.47. The van der Waals surface area contributed by atoms with Gasteiger partial charge in [0.05, 0.1) is 5.84 Å². The first-order chi connectivity index (χ1) is 5.99. The van der Waals surface area contributed by atoms with Crippen LogP contribution in [0, 0.1) is 5.41 Å². The van der Waals surface area contributed by atoms with Gasteiger partial charge in [-0.05, 0) is 13.8 Å². The maximum Gasteiger partial charge on any atom is 0.0918 e. The molecule has 0 aromatic heterocycles. The molecule has 0 aromatic rings. The monoisotopic (exact) mass is 201 g/mol. The van der Waals surface area contributed by atoms with Crippen molar-refractivity contribution < 1.29 is 0 Å². The van der Waals surface area contributed by atoms with E-state index in [1.165, 1.54) is 5.75 Å². The molecule has 3 N–H and O–H groups in total. The minimum Gasteiger partial charge on any atom is -0.388 e. The van der Waals surface area contributed by atoms with E-state index in [2.05, 4.69) is 18.7 Å². The summed E-state index contributed by atoms with van der Waals surface area (Å²) < 4.78 is 0.370. The number of hydrogen-bond donors (Lipinski definition) is 2. The summed E-state index contributed by atoms with van der Waals surface area (Å²) in [6, 6.07) is 0. The third kappa shape index (κ3) is 4.00. The first-order valence-corrected chi connectivity index (χ1v) is 5.67. The molecule has 1 fully saturated rings. The molecule has 3 nitrogen and oxygen atoms in total. The summed E-state index contributed by atoms with van der Waals surface area (Å²) in [5.74, 6) is 1.50. The van der Waals surface area contributed by atoms with Crippen molar-refractivity contribution in [1.29, 1.82) is 5.41 Å². The summed E-state index contributed by atoms with van der Waals surface area (Å²) in [5.41, 5.74) is 5.33. The van der Waals surface area contributed by atoms with Gasteiger partial charge in [0.15, 0.2) is 0 Å². The molecule has 1 heterocycles. The first kappa shape index (κ1) is 10.9. The van der Waals surface area contributed by atoms with Gasteiger partial charge in [-0.25, -0.2) is 0 Å². The van der Waals surface area contributed by atoms with Gasteiger partial charge in [-0.3, -0.25) is 5.41 Å². The highest BCUT2D eigenvalue weighted by atomic mass is 32.2. The predicted octanol–water partition coefficient (Wildman–Crippen LogP) is 1.14. The van der Waals surface area contributed by atoms with E-state index in [9.17, 15) is 0 Å². The number of nitrogens with zero attached hydrogens (tertiary/aromatic N) is 1. The Morgan fingerprint density at radius 2 is 2.31 bits per heavy atom. The van der Waals surface area contributed by atoms with Gasteiger partial charge in [0.2, 0.25) is 0 Å². The number of amidine groups is 1. The van der Waals surface area contributed by atoms with Crippen LogP contribution >= 0.6 is 11.8 Å².